The van der Waals surface area contributed by atoms with Gasteiger partial charge in [-0.15, -0.1) is 11.3 Å². The Morgan fingerprint density at radius 3 is 2.75 bits per heavy atom. The number of amides is 1. The van der Waals surface area contributed by atoms with E-state index in [0.717, 1.165) is 27.6 Å². The second-order valence-corrected chi connectivity index (χ2v) is 7.06. The second kappa shape index (κ2) is 6.97. The number of nitrogens with zero attached hydrogens (tertiary/aromatic N) is 2. The second-order valence-electron chi connectivity index (χ2n) is 5.99. The van der Waals surface area contributed by atoms with Crippen LogP contribution in [0.15, 0.2) is 35.7 Å². The first-order valence-corrected chi connectivity index (χ1v) is 8.76. The van der Waals surface area contributed by atoms with Gasteiger partial charge in [-0.2, -0.15) is 0 Å². The monoisotopic (exact) mass is 340 g/mol. The van der Waals surface area contributed by atoms with Crippen LogP contribution in [-0.2, 0) is 4.79 Å². The molecule has 0 aliphatic carbocycles. The third kappa shape index (κ3) is 3.71. The van der Waals surface area contributed by atoms with Crippen LogP contribution in [0.3, 0.4) is 0 Å². The van der Waals surface area contributed by atoms with E-state index in [1.807, 2.05) is 36.6 Å². The van der Waals surface area contributed by atoms with Gasteiger partial charge < -0.3 is 10.3 Å². The van der Waals surface area contributed by atoms with Crippen molar-refractivity contribution < 1.29 is 4.79 Å². The van der Waals surface area contributed by atoms with Gasteiger partial charge in [-0.3, -0.25) is 4.79 Å². The van der Waals surface area contributed by atoms with Crippen molar-refractivity contribution in [1.82, 2.24) is 20.3 Å². The van der Waals surface area contributed by atoms with Crippen molar-refractivity contribution in [2.45, 2.75) is 26.8 Å². The third-order valence-electron chi connectivity index (χ3n) is 3.71. The molecule has 2 aromatic heterocycles. The average molecular weight is 340 g/mol. The molecule has 0 fully saturated rings. The van der Waals surface area contributed by atoms with Crippen molar-refractivity contribution in [3.8, 4) is 0 Å². The zero-order chi connectivity index (χ0) is 17.1. The highest BCUT2D eigenvalue weighted by atomic mass is 32.1. The number of para-hydroxylation sites is 2. The normalized spacial score (nSPS) is 13.0. The van der Waals surface area contributed by atoms with E-state index in [0.29, 0.717) is 0 Å². The van der Waals surface area contributed by atoms with Crippen LogP contribution < -0.4 is 5.32 Å². The number of aromatic nitrogens is 3. The summed E-state index contributed by atoms with van der Waals surface area (Å²) >= 11 is 1.57. The Bertz CT molecular complexity index is 845. The number of aromatic amines is 1. The van der Waals surface area contributed by atoms with Crippen molar-refractivity contribution in [3.63, 3.8) is 0 Å². The molecule has 0 spiro atoms. The number of imidazole rings is 1. The third-order valence-corrected chi connectivity index (χ3v) is 4.50. The number of nitrogens with one attached hydrogen (secondary N) is 2. The van der Waals surface area contributed by atoms with E-state index in [-0.39, 0.29) is 17.9 Å². The lowest BCUT2D eigenvalue weighted by molar-refractivity contribution is -0.117. The molecule has 3 rings (SSSR count). The van der Waals surface area contributed by atoms with Crippen LogP contribution in [0.5, 0.6) is 0 Å². The predicted molar refractivity (Wildman–Crippen MR) is 97.7 cm³/mol. The lowest BCUT2D eigenvalue weighted by Gasteiger charge is -2.19. The fourth-order valence-electron chi connectivity index (χ4n) is 2.49. The van der Waals surface area contributed by atoms with E-state index < -0.39 is 0 Å². The Hall–Kier alpha value is -2.47. The maximum atomic E-state index is 12.3. The Balaban J connectivity index is 1.76. The minimum Gasteiger partial charge on any atom is -0.342 e. The first-order chi connectivity index (χ1) is 11.5. The Morgan fingerprint density at radius 2 is 2.08 bits per heavy atom. The van der Waals surface area contributed by atoms with Crippen molar-refractivity contribution in [3.05, 3.63) is 52.2 Å². The van der Waals surface area contributed by atoms with E-state index in [1.165, 1.54) is 6.08 Å². The summed E-state index contributed by atoms with van der Waals surface area (Å²) in [5, 5.41) is 5.94. The highest BCUT2D eigenvalue weighted by Gasteiger charge is 2.20. The van der Waals surface area contributed by atoms with Crippen LogP contribution in [0.1, 0.15) is 36.4 Å². The number of aryl methyl sites for hydroxylation is 1. The number of thiazole rings is 1. The van der Waals surface area contributed by atoms with Crippen LogP contribution in [0.25, 0.3) is 17.1 Å². The first-order valence-electron chi connectivity index (χ1n) is 7.88. The van der Waals surface area contributed by atoms with E-state index in [2.05, 4.69) is 34.1 Å². The zero-order valence-electron chi connectivity index (χ0n) is 13.9. The fraction of sp³-hybridized carbons (Fsp3) is 0.278. The number of hydrogen-bond acceptors (Lipinski definition) is 4. The lowest BCUT2D eigenvalue weighted by Crippen LogP contribution is -2.31. The van der Waals surface area contributed by atoms with Crippen LogP contribution >= 0.6 is 11.3 Å². The quantitative estimate of drug-likeness (QED) is 0.693. The van der Waals surface area contributed by atoms with Crippen molar-refractivity contribution in [2.75, 3.05) is 0 Å². The van der Waals surface area contributed by atoms with Crippen LogP contribution in [-0.4, -0.2) is 20.9 Å². The molecule has 1 aromatic carbocycles. The van der Waals surface area contributed by atoms with Crippen LogP contribution in [0.4, 0.5) is 0 Å². The van der Waals surface area contributed by atoms with Gasteiger partial charge in [0.2, 0.25) is 5.91 Å². The molecule has 0 saturated carbocycles. The Kier molecular flexibility index (Phi) is 4.76. The van der Waals surface area contributed by atoms with E-state index in [9.17, 15) is 4.79 Å². The number of carbonyl (C=O) groups excluding carboxylic acids is 1. The summed E-state index contributed by atoms with van der Waals surface area (Å²) in [5.41, 5.74) is 2.68. The molecular weight excluding hydrogens is 320 g/mol. The summed E-state index contributed by atoms with van der Waals surface area (Å²) in [6.07, 6.45) is 3.25. The van der Waals surface area contributed by atoms with E-state index >= 15 is 0 Å². The predicted octanol–water partition coefficient (Wildman–Crippen LogP) is 3.85. The maximum absolute atomic E-state index is 12.3. The number of fused-ring (bicyclic) bond motifs is 1. The summed E-state index contributed by atoms with van der Waals surface area (Å²) in [6.45, 7) is 6.07. The Labute approximate surface area is 144 Å². The fourth-order valence-corrected chi connectivity index (χ4v) is 3.07. The molecule has 5 nitrogen and oxygen atoms in total. The van der Waals surface area contributed by atoms with E-state index in [4.69, 9.17) is 0 Å². The van der Waals surface area contributed by atoms with Gasteiger partial charge in [0, 0.05) is 11.5 Å². The van der Waals surface area contributed by atoms with E-state index in [1.54, 1.807) is 17.4 Å². The molecule has 0 aliphatic heterocycles. The highest BCUT2D eigenvalue weighted by Crippen LogP contribution is 2.22. The minimum absolute atomic E-state index is 0.153. The molecule has 1 unspecified atom stereocenters. The summed E-state index contributed by atoms with van der Waals surface area (Å²) in [6, 6.07) is 7.68. The lowest BCUT2D eigenvalue weighted by atomic mass is 10.0. The van der Waals surface area contributed by atoms with Crippen LogP contribution in [0, 0.1) is 12.8 Å². The number of H-pyrrole nitrogens is 1. The molecule has 0 radical (unpaired) electrons. The van der Waals surface area contributed by atoms with Gasteiger partial charge in [0.05, 0.1) is 27.8 Å². The molecule has 2 N–H and O–H groups in total. The number of hydrogen-bond donors (Lipinski definition) is 2. The van der Waals surface area contributed by atoms with Gasteiger partial charge in [-0.05, 0) is 31.1 Å². The molecule has 0 aliphatic rings. The molecule has 0 bridgehead atoms. The van der Waals surface area contributed by atoms with Crippen LogP contribution in [0.2, 0.25) is 0 Å². The first kappa shape index (κ1) is 16.4. The Morgan fingerprint density at radius 1 is 1.29 bits per heavy atom. The van der Waals surface area contributed by atoms with Gasteiger partial charge in [-0.25, -0.2) is 9.97 Å². The van der Waals surface area contributed by atoms with Crippen molar-refractivity contribution >= 4 is 34.4 Å². The molecule has 2 heterocycles. The summed E-state index contributed by atoms with van der Waals surface area (Å²) in [5.74, 6) is 0.835. The highest BCUT2D eigenvalue weighted by molar-refractivity contribution is 7.09. The zero-order valence-corrected chi connectivity index (χ0v) is 14.7. The summed E-state index contributed by atoms with van der Waals surface area (Å²) in [7, 11) is 0. The number of carbonyl (C=O) groups is 1. The minimum atomic E-state index is -0.174. The van der Waals surface area contributed by atoms with Gasteiger partial charge in [0.1, 0.15) is 5.82 Å². The topological polar surface area (TPSA) is 70.7 Å². The summed E-state index contributed by atoms with van der Waals surface area (Å²) < 4.78 is 0. The molecule has 1 amide bonds. The maximum Gasteiger partial charge on any atom is 0.244 e. The van der Waals surface area contributed by atoms with Gasteiger partial charge in [0.25, 0.3) is 0 Å². The standard InChI is InChI=1S/C18H20N4OS/c1-11(2)17(18-20-14-6-4-5-7-15(14)21-18)22-16(23)9-8-13-10-24-12(3)19-13/h4-11,17H,1-3H3,(H,20,21)(H,22,23)/b9-8+. The molecule has 124 valence electrons. The number of benzene rings is 1. The number of rotatable bonds is 5. The molecule has 0 saturated heterocycles. The smallest absolute Gasteiger partial charge is 0.244 e. The largest absolute Gasteiger partial charge is 0.342 e. The molecule has 3 aromatic rings. The van der Waals surface area contributed by atoms with Crippen molar-refractivity contribution in [1.29, 1.82) is 0 Å². The summed E-state index contributed by atoms with van der Waals surface area (Å²) in [4.78, 5) is 24.5. The molecule has 1 atom stereocenters. The van der Waals surface area contributed by atoms with Gasteiger partial charge in [-0.1, -0.05) is 26.0 Å². The van der Waals surface area contributed by atoms with Gasteiger partial charge >= 0.3 is 0 Å². The molecule has 24 heavy (non-hydrogen) atoms. The molecular formula is C18H20N4OS. The van der Waals surface area contributed by atoms with Gasteiger partial charge in [0.15, 0.2) is 0 Å². The van der Waals surface area contributed by atoms with Crippen molar-refractivity contribution in [2.24, 2.45) is 5.92 Å². The average Bonchev–Trinajstić information content (AvgIpc) is 3.16. The SMILES string of the molecule is Cc1nc(/C=C/C(=O)NC(c2nc3ccccc3[nH]2)C(C)C)cs1. The molecule has 6 heteroatoms.